The number of nitrogen functional groups attached to an aromatic ring is 1. The highest BCUT2D eigenvalue weighted by atomic mass is 19.1. The van der Waals surface area contributed by atoms with Gasteiger partial charge in [-0.3, -0.25) is 4.98 Å². The van der Waals surface area contributed by atoms with E-state index < -0.39 is 5.82 Å². The Morgan fingerprint density at radius 3 is 2.84 bits per heavy atom. The van der Waals surface area contributed by atoms with E-state index in [-0.39, 0.29) is 6.10 Å². The van der Waals surface area contributed by atoms with Gasteiger partial charge >= 0.3 is 0 Å². The zero-order chi connectivity index (χ0) is 25.8. The Balaban J connectivity index is 1.48. The van der Waals surface area contributed by atoms with Crippen LogP contribution in [0.1, 0.15) is 11.8 Å². The number of aromatic nitrogens is 3. The highest BCUT2D eigenvalue weighted by molar-refractivity contribution is 5.99. The average molecular weight is 504 g/mol. The molecule has 10 heteroatoms. The van der Waals surface area contributed by atoms with Gasteiger partial charge in [0.2, 0.25) is 5.95 Å². The van der Waals surface area contributed by atoms with Crippen LogP contribution in [-0.2, 0) is 4.74 Å². The van der Waals surface area contributed by atoms with Gasteiger partial charge in [-0.1, -0.05) is 12.1 Å². The standard InChI is InChI=1S/C27H30FN7O2/c1-35(2)12-14-36-17-8-9-18(21(28)15-17)19-5-3-6-20-24(19)33-27(34-26(20)29)32-22-7-4-10-31-25(22)23-16-30-11-13-37-23/h3-10,15,23,30H,11-14,16H2,1-2H3,(H3,29,32,33,34). The molecule has 9 nitrogen and oxygen atoms in total. The lowest BCUT2D eigenvalue weighted by molar-refractivity contribution is 0.0255. The van der Waals surface area contributed by atoms with Crippen molar-refractivity contribution in [1.29, 1.82) is 0 Å². The molecule has 1 fully saturated rings. The van der Waals surface area contributed by atoms with E-state index in [2.05, 4.69) is 20.6 Å². The zero-order valence-electron chi connectivity index (χ0n) is 20.9. The van der Waals surface area contributed by atoms with Crippen molar-refractivity contribution < 1.29 is 13.9 Å². The predicted octanol–water partition coefficient (Wildman–Crippen LogP) is 3.76. The number of nitrogens with one attached hydrogen (secondary N) is 2. The topological polar surface area (TPSA) is 110 Å². The van der Waals surface area contributed by atoms with Crippen molar-refractivity contribution in [2.24, 2.45) is 0 Å². The maximum absolute atomic E-state index is 15.2. The molecule has 1 aliphatic rings. The number of rotatable bonds is 8. The number of nitrogens with zero attached hydrogens (tertiary/aromatic N) is 4. The molecule has 3 heterocycles. The number of pyridine rings is 1. The fraction of sp³-hybridized carbons (Fsp3) is 0.296. The highest BCUT2D eigenvalue weighted by Crippen LogP contribution is 2.34. The van der Waals surface area contributed by atoms with Crippen LogP contribution in [0.15, 0.2) is 54.7 Å². The van der Waals surface area contributed by atoms with Crippen LogP contribution in [0.4, 0.5) is 21.8 Å². The van der Waals surface area contributed by atoms with Crippen LogP contribution in [-0.4, -0.2) is 66.8 Å². The molecule has 1 unspecified atom stereocenters. The number of halogens is 1. The Morgan fingerprint density at radius 1 is 1.16 bits per heavy atom. The van der Waals surface area contributed by atoms with Crippen molar-refractivity contribution in [3.63, 3.8) is 0 Å². The molecule has 2 aromatic carbocycles. The Hall–Kier alpha value is -3.86. The molecule has 2 aromatic heterocycles. The van der Waals surface area contributed by atoms with E-state index in [1.54, 1.807) is 18.3 Å². The van der Waals surface area contributed by atoms with Crippen LogP contribution >= 0.6 is 0 Å². The van der Waals surface area contributed by atoms with Gasteiger partial charge in [-0.2, -0.15) is 4.98 Å². The van der Waals surface area contributed by atoms with Crippen LogP contribution in [0.2, 0.25) is 0 Å². The lowest BCUT2D eigenvalue weighted by Crippen LogP contribution is -2.34. The highest BCUT2D eigenvalue weighted by Gasteiger charge is 2.21. The first-order valence-corrected chi connectivity index (χ1v) is 12.2. The molecule has 0 spiro atoms. The number of ether oxygens (including phenoxy) is 2. The van der Waals surface area contributed by atoms with Crippen molar-refractivity contribution in [3.8, 4) is 16.9 Å². The molecule has 1 atom stereocenters. The summed E-state index contributed by atoms with van der Waals surface area (Å²) in [7, 11) is 3.92. The van der Waals surface area contributed by atoms with E-state index >= 15 is 4.39 Å². The lowest BCUT2D eigenvalue weighted by Gasteiger charge is -2.24. The smallest absolute Gasteiger partial charge is 0.229 e. The average Bonchev–Trinajstić information content (AvgIpc) is 2.89. The number of para-hydroxylation sites is 1. The number of hydrogen-bond donors (Lipinski definition) is 3. The second-order valence-electron chi connectivity index (χ2n) is 9.05. The minimum Gasteiger partial charge on any atom is -0.492 e. The summed E-state index contributed by atoms with van der Waals surface area (Å²) in [6, 6.07) is 14.0. The predicted molar refractivity (Wildman–Crippen MR) is 142 cm³/mol. The van der Waals surface area contributed by atoms with Gasteiger partial charge in [0, 0.05) is 48.4 Å². The number of anilines is 3. The monoisotopic (exact) mass is 503 g/mol. The van der Waals surface area contributed by atoms with Crippen LogP contribution in [0, 0.1) is 5.82 Å². The van der Waals surface area contributed by atoms with Gasteiger partial charge in [-0.25, -0.2) is 9.37 Å². The van der Waals surface area contributed by atoms with E-state index in [1.807, 2.05) is 49.3 Å². The molecule has 0 aliphatic carbocycles. The molecule has 0 bridgehead atoms. The molecule has 4 aromatic rings. The molecule has 37 heavy (non-hydrogen) atoms. The third-order valence-electron chi connectivity index (χ3n) is 6.11. The maximum Gasteiger partial charge on any atom is 0.229 e. The van der Waals surface area contributed by atoms with E-state index in [0.29, 0.717) is 59.3 Å². The van der Waals surface area contributed by atoms with Crippen LogP contribution in [0.5, 0.6) is 5.75 Å². The lowest BCUT2D eigenvalue weighted by atomic mass is 10.0. The third kappa shape index (κ3) is 5.61. The summed E-state index contributed by atoms with van der Waals surface area (Å²) in [5.74, 6) is 0.653. The van der Waals surface area contributed by atoms with Crippen molar-refractivity contribution in [1.82, 2.24) is 25.2 Å². The van der Waals surface area contributed by atoms with Gasteiger partial charge in [0.05, 0.1) is 23.5 Å². The van der Waals surface area contributed by atoms with Gasteiger partial charge in [0.15, 0.2) is 0 Å². The van der Waals surface area contributed by atoms with E-state index in [0.717, 1.165) is 24.5 Å². The first-order valence-electron chi connectivity index (χ1n) is 12.2. The molecule has 192 valence electrons. The molecule has 0 saturated carbocycles. The Bertz CT molecular complexity index is 1390. The minimum absolute atomic E-state index is 0.196. The largest absolute Gasteiger partial charge is 0.492 e. The molecule has 4 N–H and O–H groups in total. The van der Waals surface area contributed by atoms with Crippen LogP contribution in [0.25, 0.3) is 22.0 Å². The SMILES string of the molecule is CN(C)CCOc1ccc(-c2cccc3c(N)nc(Nc4cccnc4C4CNCCO4)nc23)c(F)c1. The fourth-order valence-corrected chi connectivity index (χ4v) is 4.24. The molecule has 1 saturated heterocycles. The molecular weight excluding hydrogens is 473 g/mol. The number of likely N-dealkylation sites (N-methyl/N-ethyl adjacent to an activating group) is 1. The van der Waals surface area contributed by atoms with E-state index in [9.17, 15) is 0 Å². The molecular formula is C27H30FN7O2. The Kier molecular flexibility index (Phi) is 7.40. The molecule has 0 amide bonds. The molecule has 0 radical (unpaired) electrons. The minimum atomic E-state index is -0.405. The fourth-order valence-electron chi connectivity index (χ4n) is 4.24. The van der Waals surface area contributed by atoms with Crippen LogP contribution < -0.4 is 21.1 Å². The summed E-state index contributed by atoms with van der Waals surface area (Å²) < 4.78 is 26.8. The summed E-state index contributed by atoms with van der Waals surface area (Å²) in [6.45, 7) is 3.27. The summed E-state index contributed by atoms with van der Waals surface area (Å²) in [6.07, 6.45) is 1.53. The van der Waals surface area contributed by atoms with Gasteiger partial charge in [-0.15, -0.1) is 0 Å². The Morgan fingerprint density at radius 2 is 2.05 bits per heavy atom. The van der Waals surface area contributed by atoms with Gasteiger partial charge < -0.3 is 30.7 Å². The first-order chi connectivity index (χ1) is 18.0. The molecule has 1 aliphatic heterocycles. The summed E-state index contributed by atoms with van der Waals surface area (Å²) in [5, 5.41) is 7.20. The van der Waals surface area contributed by atoms with Crippen molar-refractivity contribution in [2.75, 3.05) is 58.0 Å². The second-order valence-corrected chi connectivity index (χ2v) is 9.05. The number of fused-ring (bicyclic) bond motifs is 1. The van der Waals surface area contributed by atoms with Gasteiger partial charge in [-0.05, 0) is 44.4 Å². The third-order valence-corrected chi connectivity index (χ3v) is 6.11. The summed E-state index contributed by atoms with van der Waals surface area (Å²) in [4.78, 5) is 15.7. The van der Waals surface area contributed by atoms with Crippen molar-refractivity contribution >= 4 is 28.4 Å². The van der Waals surface area contributed by atoms with Crippen LogP contribution in [0.3, 0.4) is 0 Å². The quantitative estimate of drug-likeness (QED) is 0.331. The maximum atomic E-state index is 15.2. The normalized spacial score (nSPS) is 15.7. The van der Waals surface area contributed by atoms with Crippen molar-refractivity contribution in [3.05, 3.63) is 66.2 Å². The number of morpholine rings is 1. The van der Waals surface area contributed by atoms with Gasteiger partial charge in [0.25, 0.3) is 0 Å². The zero-order valence-corrected chi connectivity index (χ0v) is 20.9. The molecule has 5 rings (SSSR count). The van der Waals surface area contributed by atoms with Crippen molar-refractivity contribution in [2.45, 2.75) is 6.10 Å². The number of benzene rings is 2. The summed E-state index contributed by atoms with van der Waals surface area (Å²) in [5.41, 5.74) is 9.34. The van der Waals surface area contributed by atoms with E-state index in [1.165, 1.54) is 6.07 Å². The second kappa shape index (κ2) is 11.0. The number of nitrogens with two attached hydrogens (primary N) is 1. The van der Waals surface area contributed by atoms with E-state index in [4.69, 9.17) is 20.2 Å². The number of hydrogen-bond acceptors (Lipinski definition) is 9. The first kappa shape index (κ1) is 24.8. The van der Waals surface area contributed by atoms with Gasteiger partial charge in [0.1, 0.15) is 30.1 Å². The summed E-state index contributed by atoms with van der Waals surface area (Å²) >= 11 is 0. The Labute approximate surface area is 214 Å².